The van der Waals surface area contributed by atoms with Gasteiger partial charge in [0.25, 0.3) is 10.1 Å². The van der Waals surface area contributed by atoms with E-state index in [-0.39, 0.29) is 29.7 Å². The maximum absolute atomic E-state index is 15.0. The second kappa shape index (κ2) is 13.1. The summed E-state index contributed by atoms with van der Waals surface area (Å²) in [5.41, 5.74) is 0.939. The van der Waals surface area contributed by atoms with E-state index in [4.69, 9.17) is 20.9 Å². The summed E-state index contributed by atoms with van der Waals surface area (Å²) >= 11 is 7.29. The summed E-state index contributed by atoms with van der Waals surface area (Å²) in [6.07, 6.45) is 1.15. The standard InChI is InChI=1S/C30H28ClF3N2O5S2/c1-30(2,19-6-11-23(31)27(15-19)41-3)28-16-35-29(36(28)21-9-7-20(32)8-10-21)42-17-22-24(33)13-18(14-25(22)34)26(37)5-4-12-43(38,39)40/h6-11,13-16H,4-5,12,17H2,1-3H3,(H,38,39,40). The van der Waals surface area contributed by atoms with E-state index < -0.39 is 44.5 Å². The van der Waals surface area contributed by atoms with Gasteiger partial charge in [-0.05, 0) is 60.5 Å². The quantitative estimate of drug-likeness (QED) is 0.0966. The molecule has 0 spiro atoms. The van der Waals surface area contributed by atoms with Crippen LogP contribution in [0.25, 0.3) is 5.69 Å². The molecular weight excluding hydrogens is 625 g/mol. The largest absolute Gasteiger partial charge is 0.495 e. The summed E-state index contributed by atoms with van der Waals surface area (Å²) in [6, 6.07) is 13.0. The lowest BCUT2D eigenvalue weighted by Gasteiger charge is -2.28. The number of carbonyl (C=O) groups excluding carboxylic acids is 1. The molecule has 0 amide bonds. The molecule has 0 saturated heterocycles. The van der Waals surface area contributed by atoms with Crippen LogP contribution in [0.15, 0.2) is 66.0 Å². The molecule has 0 aliphatic carbocycles. The Morgan fingerprint density at radius 3 is 2.33 bits per heavy atom. The first-order valence-corrected chi connectivity index (χ1v) is 16.0. The second-order valence-electron chi connectivity index (χ2n) is 10.2. The summed E-state index contributed by atoms with van der Waals surface area (Å²) in [5.74, 6) is -3.30. The first kappa shape index (κ1) is 32.6. The maximum Gasteiger partial charge on any atom is 0.264 e. The molecule has 4 aromatic rings. The Morgan fingerprint density at radius 2 is 1.72 bits per heavy atom. The summed E-state index contributed by atoms with van der Waals surface area (Å²) in [5, 5.41) is 0.833. The molecule has 0 aliphatic rings. The Kier molecular flexibility index (Phi) is 9.95. The number of Topliss-reactive ketones (excluding diaryl/α,β-unsaturated/α-hetero) is 1. The Bertz CT molecular complexity index is 1740. The van der Waals surface area contributed by atoms with E-state index in [1.807, 2.05) is 26.0 Å². The molecule has 0 aliphatic heterocycles. The highest BCUT2D eigenvalue weighted by Gasteiger charge is 2.30. The molecule has 1 N–H and O–H groups in total. The van der Waals surface area contributed by atoms with Gasteiger partial charge in [-0.2, -0.15) is 8.42 Å². The highest BCUT2D eigenvalue weighted by Crippen LogP contribution is 2.39. The molecule has 4 rings (SSSR count). The summed E-state index contributed by atoms with van der Waals surface area (Å²) in [7, 11) is -2.74. The van der Waals surface area contributed by atoms with Gasteiger partial charge >= 0.3 is 0 Å². The fraction of sp³-hybridized carbons (Fsp3) is 0.267. The van der Waals surface area contributed by atoms with E-state index in [2.05, 4.69) is 4.98 Å². The zero-order valence-electron chi connectivity index (χ0n) is 23.4. The second-order valence-corrected chi connectivity index (χ2v) is 13.2. The Hall–Kier alpha value is -3.32. The Morgan fingerprint density at radius 1 is 1.07 bits per heavy atom. The molecule has 0 unspecified atom stereocenters. The van der Waals surface area contributed by atoms with Crippen LogP contribution in [0.1, 0.15) is 53.9 Å². The summed E-state index contributed by atoms with van der Waals surface area (Å²) in [4.78, 5) is 16.9. The van der Waals surface area contributed by atoms with Gasteiger partial charge < -0.3 is 4.74 Å². The average molecular weight is 653 g/mol. The molecule has 0 atom stereocenters. The third-order valence-electron chi connectivity index (χ3n) is 6.94. The van der Waals surface area contributed by atoms with Crippen molar-refractivity contribution in [3.8, 4) is 11.4 Å². The minimum Gasteiger partial charge on any atom is -0.495 e. The predicted octanol–water partition coefficient (Wildman–Crippen LogP) is 7.42. The van der Waals surface area contributed by atoms with Crippen molar-refractivity contribution in [2.45, 2.75) is 43.0 Å². The highest BCUT2D eigenvalue weighted by molar-refractivity contribution is 7.98. The first-order valence-electron chi connectivity index (χ1n) is 13.0. The number of halogens is 4. The van der Waals surface area contributed by atoms with Crippen molar-refractivity contribution in [2.24, 2.45) is 0 Å². The number of hydrogen-bond donors (Lipinski definition) is 1. The third-order valence-corrected chi connectivity index (χ3v) is 9.04. The SMILES string of the molecule is COc1cc(C(C)(C)c2cnc(SCc3c(F)cc(C(=O)CCCS(=O)(=O)O)cc3F)n2-c2ccc(F)cc2)ccc1Cl. The smallest absolute Gasteiger partial charge is 0.264 e. The van der Waals surface area contributed by atoms with Gasteiger partial charge in [-0.1, -0.05) is 43.3 Å². The van der Waals surface area contributed by atoms with Crippen LogP contribution in [0.3, 0.4) is 0 Å². The molecule has 43 heavy (non-hydrogen) atoms. The number of nitrogens with zero attached hydrogens (tertiary/aromatic N) is 2. The minimum atomic E-state index is -4.25. The van der Waals surface area contributed by atoms with Crippen molar-refractivity contribution in [3.63, 3.8) is 0 Å². The molecule has 1 heterocycles. The summed E-state index contributed by atoms with van der Waals surface area (Å²) in [6.45, 7) is 3.93. The van der Waals surface area contributed by atoms with Crippen LogP contribution in [-0.4, -0.2) is 41.2 Å². The number of ether oxygens (including phenoxy) is 1. The zero-order valence-corrected chi connectivity index (χ0v) is 25.8. The molecule has 13 heteroatoms. The van der Waals surface area contributed by atoms with Gasteiger partial charge in [0.1, 0.15) is 23.2 Å². The maximum atomic E-state index is 15.0. The van der Waals surface area contributed by atoms with Gasteiger partial charge in [0.05, 0.1) is 29.8 Å². The van der Waals surface area contributed by atoms with E-state index >= 15 is 8.78 Å². The average Bonchev–Trinajstić information content (AvgIpc) is 3.37. The lowest BCUT2D eigenvalue weighted by molar-refractivity contribution is 0.0981. The van der Waals surface area contributed by atoms with Crippen molar-refractivity contribution in [1.29, 1.82) is 0 Å². The topological polar surface area (TPSA) is 98.5 Å². The van der Waals surface area contributed by atoms with Gasteiger partial charge in [0.2, 0.25) is 0 Å². The van der Waals surface area contributed by atoms with Crippen molar-refractivity contribution >= 4 is 39.3 Å². The number of ketones is 1. The third kappa shape index (κ3) is 7.61. The minimum absolute atomic E-state index is 0.179. The number of benzene rings is 3. The van der Waals surface area contributed by atoms with E-state index in [1.165, 1.54) is 19.2 Å². The highest BCUT2D eigenvalue weighted by atomic mass is 35.5. The van der Waals surface area contributed by atoms with E-state index in [0.29, 0.717) is 27.3 Å². The van der Waals surface area contributed by atoms with Crippen molar-refractivity contribution in [1.82, 2.24) is 9.55 Å². The molecular formula is C30H28ClF3N2O5S2. The van der Waals surface area contributed by atoms with Crippen molar-refractivity contribution < 1.29 is 35.7 Å². The van der Waals surface area contributed by atoms with Gasteiger partial charge in [0.15, 0.2) is 10.9 Å². The van der Waals surface area contributed by atoms with Crippen LogP contribution in [0.4, 0.5) is 13.2 Å². The van der Waals surface area contributed by atoms with Crippen LogP contribution >= 0.6 is 23.4 Å². The molecule has 0 saturated carbocycles. The number of methoxy groups -OCH3 is 1. The van der Waals surface area contributed by atoms with Crippen LogP contribution in [0, 0.1) is 17.5 Å². The Balaban J connectivity index is 1.65. The molecule has 0 radical (unpaired) electrons. The molecule has 0 fully saturated rings. The zero-order chi connectivity index (χ0) is 31.5. The number of aromatic nitrogens is 2. The molecule has 1 aromatic heterocycles. The van der Waals surface area contributed by atoms with Gasteiger partial charge in [-0.25, -0.2) is 18.2 Å². The normalized spacial score (nSPS) is 12.0. The molecule has 228 valence electrons. The molecule has 0 bridgehead atoms. The lowest BCUT2D eigenvalue weighted by atomic mass is 9.81. The van der Waals surface area contributed by atoms with Gasteiger partial charge in [0, 0.05) is 34.4 Å². The molecule has 7 nitrogen and oxygen atoms in total. The van der Waals surface area contributed by atoms with E-state index in [0.717, 1.165) is 29.5 Å². The van der Waals surface area contributed by atoms with Gasteiger partial charge in [-0.3, -0.25) is 13.9 Å². The number of thioether (sulfide) groups is 1. The number of rotatable bonds is 12. The van der Waals surface area contributed by atoms with Crippen molar-refractivity contribution in [2.75, 3.05) is 12.9 Å². The van der Waals surface area contributed by atoms with E-state index in [9.17, 15) is 17.6 Å². The van der Waals surface area contributed by atoms with Crippen LogP contribution in [0.5, 0.6) is 5.75 Å². The van der Waals surface area contributed by atoms with Gasteiger partial charge in [-0.15, -0.1) is 0 Å². The number of imidazole rings is 1. The van der Waals surface area contributed by atoms with E-state index in [1.54, 1.807) is 29.0 Å². The Labute approximate surface area is 256 Å². The fourth-order valence-corrected chi connectivity index (χ4v) is 6.22. The van der Waals surface area contributed by atoms with Crippen LogP contribution in [-0.2, 0) is 21.3 Å². The van der Waals surface area contributed by atoms with Crippen molar-refractivity contribution in [3.05, 3.63) is 106 Å². The fourth-order valence-electron chi connectivity index (χ4n) is 4.51. The monoisotopic (exact) mass is 652 g/mol. The number of hydrogen-bond acceptors (Lipinski definition) is 6. The molecule has 3 aromatic carbocycles. The lowest BCUT2D eigenvalue weighted by Crippen LogP contribution is -2.23. The predicted molar refractivity (Wildman–Crippen MR) is 160 cm³/mol. The first-order chi connectivity index (χ1) is 20.2. The number of carbonyl (C=O) groups is 1. The summed E-state index contributed by atoms with van der Waals surface area (Å²) < 4.78 is 81.6. The van der Waals surface area contributed by atoms with Crippen LogP contribution in [0.2, 0.25) is 5.02 Å². The van der Waals surface area contributed by atoms with Crippen LogP contribution < -0.4 is 4.74 Å².